The van der Waals surface area contributed by atoms with Crippen molar-refractivity contribution in [3.05, 3.63) is 35.4 Å². The molecule has 1 atom stereocenters. The normalized spacial score (nSPS) is 20.8. The Labute approximate surface area is 182 Å². The third kappa shape index (κ3) is 6.21. The van der Waals surface area contributed by atoms with Crippen LogP contribution in [0.25, 0.3) is 0 Å². The molecule has 5 nitrogen and oxygen atoms in total. The van der Waals surface area contributed by atoms with Gasteiger partial charge in [0.1, 0.15) is 6.04 Å². The van der Waals surface area contributed by atoms with Crippen molar-refractivity contribution in [1.82, 2.24) is 14.7 Å². The van der Waals surface area contributed by atoms with Gasteiger partial charge in [-0.25, -0.2) is 0 Å². The van der Waals surface area contributed by atoms with Crippen molar-refractivity contribution in [2.24, 2.45) is 5.92 Å². The molecule has 31 heavy (non-hydrogen) atoms. The van der Waals surface area contributed by atoms with Gasteiger partial charge in [0, 0.05) is 33.6 Å². The number of hydrogen-bond donors (Lipinski definition) is 0. The summed E-state index contributed by atoms with van der Waals surface area (Å²) < 4.78 is 38.6. The molecule has 2 amide bonds. The van der Waals surface area contributed by atoms with Gasteiger partial charge >= 0.3 is 6.18 Å². The second-order valence-corrected chi connectivity index (χ2v) is 8.82. The number of benzene rings is 1. The Hall–Kier alpha value is -2.09. The van der Waals surface area contributed by atoms with E-state index in [0.717, 1.165) is 51.4 Å². The van der Waals surface area contributed by atoms with Crippen molar-refractivity contribution in [2.45, 2.75) is 51.2 Å². The van der Waals surface area contributed by atoms with Crippen molar-refractivity contribution in [3.63, 3.8) is 0 Å². The van der Waals surface area contributed by atoms with Crippen molar-refractivity contribution in [3.8, 4) is 0 Å². The lowest BCUT2D eigenvalue weighted by Crippen LogP contribution is -2.48. The highest BCUT2D eigenvalue weighted by Gasteiger charge is 2.35. The average molecular weight is 440 g/mol. The van der Waals surface area contributed by atoms with Crippen LogP contribution >= 0.6 is 0 Å². The van der Waals surface area contributed by atoms with E-state index in [9.17, 15) is 22.8 Å². The second-order valence-electron chi connectivity index (χ2n) is 8.82. The predicted octanol–water partition coefficient (Wildman–Crippen LogP) is 3.43. The van der Waals surface area contributed by atoms with E-state index >= 15 is 0 Å². The molecule has 0 radical (unpaired) electrons. The van der Waals surface area contributed by atoms with E-state index in [0.29, 0.717) is 31.0 Å². The first-order chi connectivity index (χ1) is 14.6. The molecule has 2 saturated heterocycles. The Bertz CT molecular complexity index is 776. The molecule has 0 spiro atoms. The predicted molar refractivity (Wildman–Crippen MR) is 112 cm³/mol. The smallest absolute Gasteiger partial charge is 0.344 e. The Balaban J connectivity index is 1.42. The molecule has 0 unspecified atom stereocenters. The van der Waals surface area contributed by atoms with Crippen LogP contribution in [0.3, 0.4) is 0 Å². The van der Waals surface area contributed by atoms with Crippen molar-refractivity contribution in [2.75, 3.05) is 39.8 Å². The highest BCUT2D eigenvalue weighted by molar-refractivity contribution is 5.87. The number of carbonyl (C=O) groups excluding carboxylic acids is 2. The van der Waals surface area contributed by atoms with Gasteiger partial charge in [0.15, 0.2) is 0 Å². The molecule has 0 aromatic heterocycles. The van der Waals surface area contributed by atoms with E-state index in [1.165, 1.54) is 19.1 Å². The summed E-state index contributed by atoms with van der Waals surface area (Å²) in [5, 5.41) is 0. The molecule has 0 N–H and O–H groups in total. The summed E-state index contributed by atoms with van der Waals surface area (Å²) in [4.78, 5) is 30.3. The third-order valence-electron chi connectivity index (χ3n) is 6.53. The number of piperidine rings is 1. The topological polar surface area (TPSA) is 43.9 Å². The molecule has 3 rings (SSSR count). The Morgan fingerprint density at radius 1 is 1.13 bits per heavy atom. The first kappa shape index (κ1) is 23.6. The fourth-order valence-electron chi connectivity index (χ4n) is 4.72. The minimum Gasteiger partial charge on any atom is -0.344 e. The largest absolute Gasteiger partial charge is 0.416 e. The number of carbonyl (C=O) groups is 2. The van der Waals surface area contributed by atoms with Crippen molar-refractivity contribution in [1.29, 1.82) is 0 Å². The van der Waals surface area contributed by atoms with Crippen LogP contribution in [0.4, 0.5) is 13.2 Å². The number of nitrogens with zero attached hydrogens (tertiary/aromatic N) is 3. The van der Waals surface area contributed by atoms with Crippen molar-refractivity contribution < 1.29 is 22.8 Å². The summed E-state index contributed by atoms with van der Waals surface area (Å²) >= 11 is 0. The third-order valence-corrected chi connectivity index (χ3v) is 6.53. The molecule has 2 aliphatic heterocycles. The summed E-state index contributed by atoms with van der Waals surface area (Å²) in [5.41, 5.74) is 0.107. The van der Waals surface area contributed by atoms with Crippen LogP contribution in [0.5, 0.6) is 0 Å². The molecule has 0 aliphatic carbocycles. The SMILES string of the molecule is CC(=O)N1CCC[C@H]1C(=O)N(C)CC1CCN(CCc2cccc(C(F)(F)F)c2)CC1. The molecular weight excluding hydrogens is 407 g/mol. The number of likely N-dealkylation sites (tertiary alicyclic amines) is 2. The van der Waals surface area contributed by atoms with Crippen molar-refractivity contribution >= 4 is 11.8 Å². The van der Waals surface area contributed by atoms with Gasteiger partial charge in [-0.3, -0.25) is 9.59 Å². The van der Waals surface area contributed by atoms with Crippen LogP contribution in [-0.4, -0.2) is 72.3 Å². The van der Waals surface area contributed by atoms with Gasteiger partial charge in [0.25, 0.3) is 0 Å². The van der Waals surface area contributed by atoms with Gasteiger partial charge in [0.2, 0.25) is 11.8 Å². The Kier molecular flexibility index (Phi) is 7.62. The molecule has 1 aromatic carbocycles. The monoisotopic (exact) mass is 439 g/mol. The summed E-state index contributed by atoms with van der Waals surface area (Å²) in [7, 11) is 1.82. The fourth-order valence-corrected chi connectivity index (χ4v) is 4.72. The van der Waals surface area contributed by atoms with E-state index < -0.39 is 11.7 Å². The zero-order valence-corrected chi connectivity index (χ0v) is 18.3. The zero-order chi connectivity index (χ0) is 22.6. The highest BCUT2D eigenvalue weighted by Crippen LogP contribution is 2.30. The second kappa shape index (κ2) is 10.0. The van der Waals surface area contributed by atoms with Crippen LogP contribution in [0.1, 0.15) is 43.7 Å². The molecule has 1 aromatic rings. The zero-order valence-electron chi connectivity index (χ0n) is 18.3. The summed E-state index contributed by atoms with van der Waals surface area (Å²) in [6, 6.07) is 5.23. The van der Waals surface area contributed by atoms with Gasteiger partial charge in [-0.05, 0) is 62.7 Å². The van der Waals surface area contributed by atoms with Gasteiger partial charge in [-0.1, -0.05) is 18.2 Å². The first-order valence-electron chi connectivity index (χ1n) is 11.1. The van der Waals surface area contributed by atoms with E-state index in [-0.39, 0.29) is 17.9 Å². The minimum absolute atomic E-state index is 0.0275. The maximum absolute atomic E-state index is 12.9. The molecule has 2 aliphatic rings. The Morgan fingerprint density at radius 3 is 2.48 bits per heavy atom. The Morgan fingerprint density at radius 2 is 1.84 bits per heavy atom. The van der Waals surface area contributed by atoms with Crippen LogP contribution in [0.15, 0.2) is 24.3 Å². The summed E-state index contributed by atoms with van der Waals surface area (Å²) in [6.45, 7) is 5.36. The molecule has 172 valence electrons. The maximum atomic E-state index is 12.9. The number of likely N-dealkylation sites (N-methyl/N-ethyl adjacent to an activating group) is 1. The van der Waals surface area contributed by atoms with Gasteiger partial charge in [-0.2, -0.15) is 13.2 Å². The van der Waals surface area contributed by atoms with Gasteiger partial charge in [0.05, 0.1) is 5.56 Å². The lowest BCUT2D eigenvalue weighted by Gasteiger charge is -2.35. The highest BCUT2D eigenvalue weighted by atomic mass is 19.4. The molecule has 8 heteroatoms. The quantitative estimate of drug-likeness (QED) is 0.682. The van der Waals surface area contributed by atoms with E-state index in [1.54, 1.807) is 15.9 Å². The van der Waals surface area contributed by atoms with Crippen LogP contribution in [0.2, 0.25) is 0 Å². The molecule has 0 saturated carbocycles. The van der Waals surface area contributed by atoms with Crippen LogP contribution < -0.4 is 0 Å². The van der Waals surface area contributed by atoms with Gasteiger partial charge < -0.3 is 14.7 Å². The standard InChI is InChI=1S/C23H32F3N3O2/c1-17(30)29-11-4-7-21(29)22(31)27(2)16-19-9-13-28(14-10-19)12-8-18-5-3-6-20(15-18)23(24,25)26/h3,5-6,15,19,21H,4,7-14,16H2,1-2H3/t21-/m0/s1. The molecule has 0 bridgehead atoms. The number of halogens is 3. The number of rotatable bonds is 6. The molecular formula is C23H32F3N3O2. The van der Waals surface area contributed by atoms with E-state index in [2.05, 4.69) is 4.90 Å². The summed E-state index contributed by atoms with van der Waals surface area (Å²) in [5.74, 6) is 0.393. The summed E-state index contributed by atoms with van der Waals surface area (Å²) in [6.07, 6.45) is -0.194. The maximum Gasteiger partial charge on any atom is 0.416 e. The van der Waals surface area contributed by atoms with Gasteiger partial charge in [-0.15, -0.1) is 0 Å². The number of hydrogen-bond acceptors (Lipinski definition) is 3. The van der Waals surface area contributed by atoms with E-state index in [4.69, 9.17) is 0 Å². The minimum atomic E-state index is -4.31. The molecule has 2 fully saturated rings. The number of amides is 2. The lowest BCUT2D eigenvalue weighted by molar-refractivity contribution is -0.142. The fraction of sp³-hybridized carbons (Fsp3) is 0.652. The lowest BCUT2D eigenvalue weighted by atomic mass is 9.95. The first-order valence-corrected chi connectivity index (χ1v) is 11.1. The van der Waals surface area contributed by atoms with Crippen LogP contribution in [0, 0.1) is 5.92 Å². The van der Waals surface area contributed by atoms with E-state index in [1.807, 2.05) is 7.05 Å². The number of alkyl halides is 3. The molecule has 2 heterocycles. The average Bonchev–Trinajstić information content (AvgIpc) is 3.22. The van der Waals surface area contributed by atoms with Crippen LogP contribution in [-0.2, 0) is 22.2 Å².